The van der Waals surface area contributed by atoms with E-state index in [1.165, 1.54) is 6.92 Å². The smallest absolute Gasteiger partial charge is 0.305 e. The normalized spacial score (nSPS) is 18.2. The molecule has 0 radical (unpaired) electrons. The maximum absolute atomic E-state index is 14.0. The lowest BCUT2D eigenvalue weighted by molar-refractivity contribution is -0.144. The molecule has 0 saturated carbocycles. The van der Waals surface area contributed by atoms with E-state index in [9.17, 15) is 63.3 Å². The number of carbonyl (C=O) groups is 10. The van der Waals surface area contributed by atoms with Gasteiger partial charge >= 0.3 is 11.9 Å². The molecular formula is C38H65N9O14. The second-order valence-corrected chi connectivity index (χ2v) is 16.1. The van der Waals surface area contributed by atoms with Crippen molar-refractivity contribution in [3.05, 3.63) is 0 Å². The standard InChI is InChI=1S/C38H65N9O14/c1-8-19(6)29(45-32(55)21(39)11-12-26(50)51)37(60)42-22(14-17(2)3)33(56)41-23(15-27(52)53)34(57)44-28(18(4)5)38(61)47-13-9-10-25(47)36(59)43-24(16-48)35(58)46-30(20(7)49)31(40)54/h17-25,28-30,48-49H,8-16,39H2,1-7H3,(H2,40,54)(H,41,56)(H,42,60)(H,43,59)(H,44,57)(H,45,55)(H,46,58)(H,50,51)(H,52,53)/t19-,20+,21-,22-,23-,24-,25-,28-,29-,30-/m0/s1. The molecule has 23 heteroatoms. The number of carboxylic acid groups (broad SMARTS) is 2. The predicted molar refractivity (Wildman–Crippen MR) is 215 cm³/mol. The summed E-state index contributed by atoms with van der Waals surface area (Å²) in [7, 11) is 0. The number of primary amides is 1. The van der Waals surface area contributed by atoms with Crippen LogP contribution in [-0.2, 0) is 47.9 Å². The number of nitrogens with zero attached hydrogens (tertiary/aromatic N) is 1. The Morgan fingerprint density at radius 3 is 1.74 bits per heavy atom. The average molecular weight is 872 g/mol. The molecule has 0 aromatic heterocycles. The Bertz CT molecular complexity index is 1590. The van der Waals surface area contributed by atoms with Gasteiger partial charge in [-0.05, 0) is 50.4 Å². The van der Waals surface area contributed by atoms with Crippen LogP contribution < -0.4 is 43.4 Å². The monoisotopic (exact) mass is 871 g/mol. The van der Waals surface area contributed by atoms with E-state index in [1.807, 2.05) is 0 Å². The molecule has 0 aliphatic carbocycles. The Morgan fingerprint density at radius 1 is 0.705 bits per heavy atom. The van der Waals surface area contributed by atoms with Gasteiger partial charge in [-0.2, -0.15) is 0 Å². The van der Waals surface area contributed by atoms with Crippen LogP contribution >= 0.6 is 0 Å². The first-order valence-corrected chi connectivity index (χ1v) is 20.3. The van der Waals surface area contributed by atoms with Crippen LogP contribution in [0.5, 0.6) is 0 Å². The first-order valence-electron chi connectivity index (χ1n) is 20.3. The third-order valence-corrected chi connectivity index (χ3v) is 10.1. The summed E-state index contributed by atoms with van der Waals surface area (Å²) in [5.74, 6) is -11.3. The zero-order valence-corrected chi connectivity index (χ0v) is 35.8. The minimum Gasteiger partial charge on any atom is -0.481 e. The highest BCUT2D eigenvalue weighted by Gasteiger charge is 2.41. The quantitative estimate of drug-likeness (QED) is 0.0396. The van der Waals surface area contributed by atoms with Crippen molar-refractivity contribution in [1.82, 2.24) is 36.8 Å². The van der Waals surface area contributed by atoms with Crippen molar-refractivity contribution >= 4 is 59.2 Å². The van der Waals surface area contributed by atoms with E-state index in [0.29, 0.717) is 12.8 Å². The van der Waals surface area contributed by atoms with Gasteiger partial charge in [0.15, 0.2) is 0 Å². The number of carboxylic acids is 2. The third kappa shape index (κ3) is 17.2. The lowest BCUT2D eigenvalue weighted by Gasteiger charge is -2.32. The van der Waals surface area contributed by atoms with E-state index in [4.69, 9.17) is 16.6 Å². The summed E-state index contributed by atoms with van der Waals surface area (Å²) < 4.78 is 0. The Morgan fingerprint density at radius 2 is 1.25 bits per heavy atom. The molecule has 0 bridgehead atoms. The van der Waals surface area contributed by atoms with Gasteiger partial charge in [0.1, 0.15) is 42.3 Å². The van der Waals surface area contributed by atoms with Gasteiger partial charge in [0.25, 0.3) is 0 Å². The summed E-state index contributed by atoms with van der Waals surface area (Å²) in [5.41, 5.74) is 11.1. The summed E-state index contributed by atoms with van der Waals surface area (Å²) in [6.07, 6.45) is -2.08. The Hall–Kier alpha value is -5.42. The van der Waals surface area contributed by atoms with E-state index in [0.717, 1.165) is 4.90 Å². The predicted octanol–water partition coefficient (Wildman–Crippen LogP) is -3.84. The van der Waals surface area contributed by atoms with Crippen LogP contribution in [0, 0.1) is 17.8 Å². The van der Waals surface area contributed by atoms with Crippen molar-refractivity contribution in [2.75, 3.05) is 13.2 Å². The lowest BCUT2D eigenvalue weighted by atomic mass is 9.96. The molecule has 346 valence electrons. The Kier molecular flexibility index (Phi) is 22.3. The average Bonchev–Trinajstić information content (AvgIpc) is 3.67. The first kappa shape index (κ1) is 53.6. The van der Waals surface area contributed by atoms with Gasteiger partial charge in [-0.15, -0.1) is 0 Å². The van der Waals surface area contributed by atoms with E-state index in [1.54, 1.807) is 41.5 Å². The molecule has 0 aromatic carbocycles. The SMILES string of the molecule is CC[C@H](C)[C@H](NC(=O)[C@@H](N)CCC(=O)O)C(=O)N[C@@H](CC(C)C)C(=O)N[C@@H](CC(=O)O)C(=O)N[C@H](C(=O)N1CCC[C@H]1C(=O)N[C@@H](CO)C(=O)N[C@H](C(N)=O)[C@@H](C)O)C(C)C. The van der Waals surface area contributed by atoms with Gasteiger partial charge in [-0.3, -0.25) is 47.9 Å². The van der Waals surface area contributed by atoms with E-state index < -0.39 is 138 Å². The van der Waals surface area contributed by atoms with Crippen LogP contribution in [0.25, 0.3) is 0 Å². The van der Waals surface area contributed by atoms with Gasteiger partial charge in [0.2, 0.25) is 47.3 Å². The van der Waals surface area contributed by atoms with Crippen molar-refractivity contribution in [2.45, 2.75) is 148 Å². The topological polar surface area (TPSA) is 379 Å². The Labute approximate surface area is 354 Å². The lowest BCUT2D eigenvalue weighted by Crippen LogP contribution is -2.61. The number of amides is 8. The fraction of sp³-hybridized carbons (Fsp3) is 0.737. The Balaban J connectivity index is 3.27. The molecule has 0 spiro atoms. The number of aliphatic hydroxyl groups excluding tert-OH is 2. The highest BCUT2D eigenvalue weighted by atomic mass is 16.4. The highest BCUT2D eigenvalue weighted by molar-refractivity contribution is 5.99. The summed E-state index contributed by atoms with van der Waals surface area (Å²) in [6, 6.07) is -11.2. The highest BCUT2D eigenvalue weighted by Crippen LogP contribution is 2.21. The van der Waals surface area contributed by atoms with Crippen LogP contribution in [0.2, 0.25) is 0 Å². The second kappa shape index (κ2) is 25.4. The van der Waals surface area contributed by atoms with Gasteiger partial charge in [-0.1, -0.05) is 48.0 Å². The molecule has 0 aromatic rings. The van der Waals surface area contributed by atoms with Crippen LogP contribution in [0.15, 0.2) is 0 Å². The van der Waals surface area contributed by atoms with Crippen molar-refractivity contribution in [3.8, 4) is 0 Å². The van der Waals surface area contributed by atoms with Gasteiger partial charge in [0, 0.05) is 13.0 Å². The minimum absolute atomic E-state index is 0.00881. The molecule has 1 aliphatic heterocycles. The van der Waals surface area contributed by atoms with E-state index in [-0.39, 0.29) is 38.1 Å². The van der Waals surface area contributed by atoms with Crippen molar-refractivity contribution in [1.29, 1.82) is 0 Å². The summed E-state index contributed by atoms with van der Waals surface area (Å²) in [4.78, 5) is 130. The summed E-state index contributed by atoms with van der Waals surface area (Å²) in [6.45, 7) is 10.3. The van der Waals surface area contributed by atoms with Gasteiger partial charge in [-0.25, -0.2) is 0 Å². The molecule has 14 N–H and O–H groups in total. The minimum atomic E-state index is -1.77. The van der Waals surface area contributed by atoms with E-state index >= 15 is 0 Å². The largest absolute Gasteiger partial charge is 0.481 e. The molecule has 8 amide bonds. The second-order valence-electron chi connectivity index (χ2n) is 16.1. The maximum atomic E-state index is 14.0. The molecule has 1 rings (SSSR count). The van der Waals surface area contributed by atoms with Crippen LogP contribution in [0.1, 0.15) is 93.4 Å². The number of aliphatic carboxylic acids is 2. The van der Waals surface area contributed by atoms with Gasteiger partial charge in [0.05, 0.1) is 25.2 Å². The number of hydrogen-bond donors (Lipinski definition) is 12. The fourth-order valence-electron chi connectivity index (χ4n) is 6.39. The number of carbonyl (C=O) groups excluding carboxylic acids is 8. The van der Waals surface area contributed by atoms with Crippen molar-refractivity contribution in [3.63, 3.8) is 0 Å². The molecule has 61 heavy (non-hydrogen) atoms. The number of rotatable bonds is 26. The molecular weight excluding hydrogens is 806 g/mol. The summed E-state index contributed by atoms with van der Waals surface area (Å²) >= 11 is 0. The number of nitrogens with two attached hydrogens (primary N) is 2. The third-order valence-electron chi connectivity index (χ3n) is 10.1. The fourth-order valence-corrected chi connectivity index (χ4v) is 6.39. The van der Waals surface area contributed by atoms with E-state index in [2.05, 4.69) is 31.9 Å². The molecule has 1 saturated heterocycles. The molecule has 1 aliphatic rings. The molecule has 0 unspecified atom stereocenters. The maximum Gasteiger partial charge on any atom is 0.305 e. The molecule has 10 atom stereocenters. The number of likely N-dealkylation sites (tertiary alicyclic amines) is 1. The van der Waals surface area contributed by atoms with Crippen molar-refractivity contribution < 1.29 is 68.4 Å². The number of aliphatic hydroxyl groups is 2. The number of nitrogens with one attached hydrogen (secondary N) is 6. The summed E-state index contributed by atoms with van der Waals surface area (Å²) in [5, 5.41) is 52.7. The first-order chi connectivity index (χ1) is 28.4. The molecule has 23 nitrogen and oxygen atoms in total. The number of hydrogen-bond acceptors (Lipinski definition) is 13. The zero-order chi connectivity index (χ0) is 46.9. The van der Waals surface area contributed by atoms with Crippen molar-refractivity contribution in [2.24, 2.45) is 29.2 Å². The van der Waals surface area contributed by atoms with Crippen LogP contribution in [0.4, 0.5) is 0 Å². The zero-order valence-electron chi connectivity index (χ0n) is 35.8. The molecule has 1 heterocycles. The molecule has 1 fully saturated rings. The van der Waals surface area contributed by atoms with Crippen LogP contribution in [0.3, 0.4) is 0 Å². The van der Waals surface area contributed by atoms with Crippen LogP contribution in [-0.4, -0.2) is 152 Å². The van der Waals surface area contributed by atoms with Gasteiger partial charge < -0.3 is 68.7 Å².